The van der Waals surface area contributed by atoms with Gasteiger partial charge in [0, 0.05) is 16.7 Å². The van der Waals surface area contributed by atoms with Crippen molar-refractivity contribution in [3.8, 4) is 11.1 Å². The van der Waals surface area contributed by atoms with E-state index in [4.69, 9.17) is 9.47 Å². The molecule has 5 rings (SSSR count). The van der Waals surface area contributed by atoms with Crippen molar-refractivity contribution >= 4 is 0 Å². The molecule has 0 radical (unpaired) electrons. The number of aliphatic hydroxyl groups excluding tert-OH is 1. The number of ether oxygens (including phenoxy) is 2. The second kappa shape index (κ2) is 11.4. The summed E-state index contributed by atoms with van der Waals surface area (Å²) in [6.45, 7) is 2.59. The zero-order valence-electron chi connectivity index (χ0n) is 21.1. The van der Waals surface area contributed by atoms with Gasteiger partial charge >= 0.3 is 0 Å². The predicted octanol–water partition coefficient (Wildman–Crippen LogP) is 7.92. The van der Waals surface area contributed by atoms with Crippen LogP contribution in [0.15, 0.2) is 54.6 Å². The van der Waals surface area contributed by atoms with Crippen molar-refractivity contribution in [3.05, 3.63) is 94.3 Å². The van der Waals surface area contributed by atoms with Crippen LogP contribution in [-0.4, -0.2) is 17.8 Å². The molecule has 6 heteroatoms. The monoisotopic (exact) mass is 510 g/mol. The first-order valence-corrected chi connectivity index (χ1v) is 13.2. The summed E-state index contributed by atoms with van der Waals surface area (Å²) in [6.07, 6.45) is 4.13. The summed E-state index contributed by atoms with van der Waals surface area (Å²) in [6, 6.07) is 15.5. The van der Waals surface area contributed by atoms with Crippen LogP contribution in [0.25, 0.3) is 11.1 Å². The molecule has 1 aliphatic carbocycles. The van der Waals surface area contributed by atoms with Crippen LogP contribution in [0.5, 0.6) is 0 Å². The van der Waals surface area contributed by atoms with Crippen LogP contribution < -0.4 is 0 Å². The summed E-state index contributed by atoms with van der Waals surface area (Å²) in [7, 11) is 0. The van der Waals surface area contributed by atoms with E-state index in [1.54, 1.807) is 42.5 Å². The van der Waals surface area contributed by atoms with Crippen molar-refractivity contribution in [1.29, 1.82) is 0 Å². The minimum Gasteiger partial charge on any atom is -0.388 e. The molecule has 1 saturated carbocycles. The van der Waals surface area contributed by atoms with E-state index in [0.29, 0.717) is 24.2 Å². The number of halogens is 3. The van der Waals surface area contributed by atoms with Crippen LogP contribution in [0.3, 0.4) is 0 Å². The maximum absolute atomic E-state index is 14.9. The predicted molar refractivity (Wildman–Crippen MR) is 137 cm³/mol. The average Bonchev–Trinajstić information content (AvgIpc) is 3.75. The van der Waals surface area contributed by atoms with Gasteiger partial charge in [0.2, 0.25) is 0 Å². The lowest BCUT2D eigenvalue weighted by Crippen LogP contribution is -2.21. The Kier molecular flexibility index (Phi) is 7.98. The highest BCUT2D eigenvalue weighted by atomic mass is 19.2. The Morgan fingerprint density at radius 3 is 2.32 bits per heavy atom. The number of hydrogen-bond donors (Lipinski definition) is 1. The molecule has 2 fully saturated rings. The minimum atomic E-state index is -0.895. The van der Waals surface area contributed by atoms with Crippen LogP contribution in [0.4, 0.5) is 13.2 Å². The van der Waals surface area contributed by atoms with Crippen LogP contribution in [0.2, 0.25) is 0 Å². The van der Waals surface area contributed by atoms with Crippen molar-refractivity contribution in [2.24, 2.45) is 0 Å². The molecule has 1 N–H and O–H groups in total. The van der Waals surface area contributed by atoms with Gasteiger partial charge in [0.25, 0.3) is 0 Å². The van der Waals surface area contributed by atoms with Gasteiger partial charge in [-0.3, -0.25) is 0 Å². The molecule has 2 unspecified atom stereocenters. The molecule has 1 saturated heterocycles. The normalized spacial score (nSPS) is 22.1. The van der Waals surface area contributed by atoms with Gasteiger partial charge in [0.15, 0.2) is 11.6 Å². The molecule has 3 nitrogen and oxygen atoms in total. The van der Waals surface area contributed by atoms with Crippen LogP contribution in [-0.2, 0) is 16.1 Å². The number of rotatable bonds is 9. The third-order valence-electron chi connectivity index (χ3n) is 7.66. The van der Waals surface area contributed by atoms with Gasteiger partial charge in [-0.25, -0.2) is 13.2 Å². The number of benzene rings is 3. The van der Waals surface area contributed by atoms with Crippen LogP contribution in [0.1, 0.15) is 85.8 Å². The molecule has 3 aromatic rings. The maximum atomic E-state index is 14.9. The standard InChI is InChI=1S/C31H33F3O3/c1-2-3-28(35)21-6-4-20(5-7-21)25-14-11-23(30(33)31(25)34)17-36-24-12-8-19(9-13-24)22-10-15-26(27(32)16-22)29-18-37-29/h4-7,10-11,14-16,19,24,28-29,35H,2-3,8-9,12-13,17-18H2,1H3. The summed E-state index contributed by atoms with van der Waals surface area (Å²) < 4.78 is 55.3. The van der Waals surface area contributed by atoms with Gasteiger partial charge in [0.05, 0.1) is 25.4 Å². The zero-order valence-corrected chi connectivity index (χ0v) is 21.1. The molecule has 1 aliphatic heterocycles. The van der Waals surface area contributed by atoms with Gasteiger partial charge in [-0.1, -0.05) is 61.9 Å². The van der Waals surface area contributed by atoms with E-state index in [1.807, 2.05) is 19.1 Å². The Hall–Kier alpha value is -2.67. The number of aliphatic hydroxyl groups is 1. The van der Waals surface area contributed by atoms with E-state index >= 15 is 0 Å². The molecule has 1 heterocycles. The summed E-state index contributed by atoms with van der Waals surface area (Å²) in [5.74, 6) is -1.72. The van der Waals surface area contributed by atoms with E-state index in [-0.39, 0.29) is 41.7 Å². The zero-order chi connectivity index (χ0) is 25.9. The third-order valence-corrected chi connectivity index (χ3v) is 7.66. The highest BCUT2D eigenvalue weighted by Crippen LogP contribution is 2.38. The molecule has 2 aliphatic rings. The lowest BCUT2D eigenvalue weighted by Gasteiger charge is -2.29. The summed E-state index contributed by atoms with van der Waals surface area (Å²) >= 11 is 0. The Morgan fingerprint density at radius 1 is 0.946 bits per heavy atom. The van der Waals surface area contributed by atoms with E-state index in [9.17, 15) is 18.3 Å². The molecule has 0 aromatic heterocycles. The van der Waals surface area contributed by atoms with Crippen molar-refractivity contribution in [3.63, 3.8) is 0 Å². The van der Waals surface area contributed by atoms with E-state index in [0.717, 1.165) is 43.2 Å². The summed E-state index contributed by atoms with van der Waals surface area (Å²) in [5.41, 5.74) is 3.33. The van der Waals surface area contributed by atoms with Gasteiger partial charge < -0.3 is 14.6 Å². The Bertz CT molecular complexity index is 1220. The third kappa shape index (κ3) is 5.92. The highest BCUT2D eigenvalue weighted by Gasteiger charge is 2.29. The first kappa shape index (κ1) is 26.0. The van der Waals surface area contributed by atoms with E-state index in [1.165, 1.54) is 0 Å². The molecule has 37 heavy (non-hydrogen) atoms. The van der Waals surface area contributed by atoms with E-state index in [2.05, 4.69) is 0 Å². The molecular weight excluding hydrogens is 477 g/mol. The second-order valence-electron chi connectivity index (χ2n) is 10.2. The fraction of sp³-hybridized carbons (Fsp3) is 0.419. The van der Waals surface area contributed by atoms with Crippen molar-refractivity contribution in [2.45, 2.75) is 76.3 Å². The molecule has 2 atom stereocenters. The summed E-state index contributed by atoms with van der Waals surface area (Å²) in [4.78, 5) is 0. The fourth-order valence-electron chi connectivity index (χ4n) is 5.31. The topological polar surface area (TPSA) is 42.0 Å². The van der Waals surface area contributed by atoms with E-state index < -0.39 is 17.7 Å². The maximum Gasteiger partial charge on any atom is 0.167 e. The first-order valence-electron chi connectivity index (χ1n) is 13.2. The lowest BCUT2D eigenvalue weighted by atomic mass is 9.82. The minimum absolute atomic E-state index is 0.00519. The molecule has 0 amide bonds. The SMILES string of the molecule is CCCC(O)c1ccc(-c2ccc(COC3CCC(c4ccc(C5CO5)c(F)c4)CC3)c(F)c2F)cc1. The number of hydrogen-bond acceptors (Lipinski definition) is 3. The van der Waals surface area contributed by atoms with Crippen molar-refractivity contribution in [2.75, 3.05) is 6.61 Å². The van der Waals surface area contributed by atoms with Gasteiger partial charge in [-0.15, -0.1) is 0 Å². The number of epoxide rings is 1. The van der Waals surface area contributed by atoms with Crippen molar-refractivity contribution < 1.29 is 27.8 Å². The van der Waals surface area contributed by atoms with Gasteiger partial charge in [-0.2, -0.15) is 0 Å². The first-order chi connectivity index (χ1) is 17.9. The lowest BCUT2D eigenvalue weighted by molar-refractivity contribution is 0.0119. The smallest absolute Gasteiger partial charge is 0.167 e. The largest absolute Gasteiger partial charge is 0.388 e. The molecular formula is C31H33F3O3. The molecule has 196 valence electrons. The Labute approximate surface area is 216 Å². The Balaban J connectivity index is 1.16. The quantitative estimate of drug-likeness (QED) is 0.297. The molecule has 3 aromatic carbocycles. The van der Waals surface area contributed by atoms with Crippen LogP contribution >= 0.6 is 0 Å². The fourth-order valence-corrected chi connectivity index (χ4v) is 5.31. The average molecular weight is 511 g/mol. The van der Waals surface area contributed by atoms with Crippen molar-refractivity contribution in [1.82, 2.24) is 0 Å². The molecule has 0 bridgehead atoms. The highest BCUT2D eigenvalue weighted by molar-refractivity contribution is 5.65. The van der Waals surface area contributed by atoms with Gasteiger partial charge in [-0.05, 0) is 60.8 Å². The Morgan fingerprint density at radius 2 is 1.68 bits per heavy atom. The van der Waals surface area contributed by atoms with Gasteiger partial charge in [0.1, 0.15) is 11.9 Å². The molecule has 0 spiro atoms. The second-order valence-corrected chi connectivity index (χ2v) is 10.2. The summed E-state index contributed by atoms with van der Waals surface area (Å²) in [5, 5.41) is 10.1. The van der Waals surface area contributed by atoms with Crippen LogP contribution in [0, 0.1) is 17.5 Å².